The van der Waals surface area contributed by atoms with E-state index in [1.807, 2.05) is 30.3 Å². The molecule has 0 radical (unpaired) electrons. The van der Waals surface area contributed by atoms with Gasteiger partial charge in [0.1, 0.15) is 5.69 Å². The maximum Gasteiger partial charge on any atom is 0.331 e. The van der Waals surface area contributed by atoms with Crippen molar-refractivity contribution in [2.24, 2.45) is 0 Å². The topological polar surface area (TPSA) is 53.5 Å². The molecule has 1 fully saturated rings. The summed E-state index contributed by atoms with van der Waals surface area (Å²) >= 11 is 0. The van der Waals surface area contributed by atoms with Gasteiger partial charge in [0.25, 0.3) is 0 Å². The third-order valence-electron chi connectivity index (χ3n) is 5.79. The summed E-state index contributed by atoms with van der Waals surface area (Å²) < 4.78 is 29.8. The van der Waals surface area contributed by atoms with Gasteiger partial charge in [0, 0.05) is 43.0 Å². The van der Waals surface area contributed by atoms with Gasteiger partial charge in [0.05, 0.1) is 0 Å². The molecule has 1 unspecified atom stereocenters. The monoisotopic (exact) mass is 459 g/mol. The number of rotatable bonds is 5. The molecule has 1 aliphatic rings. The summed E-state index contributed by atoms with van der Waals surface area (Å²) in [6, 6.07) is 13.8. The number of aromatic nitrogens is 1. The Morgan fingerprint density at radius 1 is 1.00 bits per heavy atom. The molecule has 5 nitrogen and oxygen atoms in total. The van der Waals surface area contributed by atoms with Crippen molar-refractivity contribution in [1.29, 1.82) is 0 Å². The second-order valence-corrected chi connectivity index (χ2v) is 8.14. The zero-order chi connectivity index (χ0) is 24.1. The zero-order valence-corrected chi connectivity index (χ0v) is 18.7. The number of hydrogen-bond donors (Lipinski definition) is 0. The molecule has 34 heavy (non-hydrogen) atoms. The molecule has 172 valence electrons. The number of carbonyl (C=O) groups is 2. The summed E-state index contributed by atoms with van der Waals surface area (Å²) in [5.41, 5.74) is 1.21. The Labute approximate surface area is 197 Å². The van der Waals surface area contributed by atoms with Crippen molar-refractivity contribution in [2.45, 2.75) is 31.7 Å². The molecule has 1 aliphatic heterocycles. The molecular weight excluding hydrogens is 436 g/mol. The standard InChI is InChI=1S/C27H23F2N3O2/c1-31-22(11-5-9-20-10-6-14-30-18-20)17-25(33)32(27(31)34)26-23(28)15-21(16-24(26)29)13-12-19-7-3-2-4-8-19/h2-4,6-8,10,14-16,18,22H,5,9,11,17H2,1H3. The van der Waals surface area contributed by atoms with Crippen LogP contribution in [0.5, 0.6) is 0 Å². The van der Waals surface area contributed by atoms with Gasteiger partial charge in [-0.2, -0.15) is 0 Å². The fourth-order valence-corrected chi connectivity index (χ4v) is 3.97. The Balaban J connectivity index is 1.48. The summed E-state index contributed by atoms with van der Waals surface area (Å²) in [7, 11) is 1.55. The second-order valence-electron chi connectivity index (χ2n) is 8.14. The number of imide groups is 1. The van der Waals surface area contributed by atoms with Crippen LogP contribution in [0.4, 0.5) is 19.3 Å². The van der Waals surface area contributed by atoms with Crippen molar-refractivity contribution in [1.82, 2.24) is 9.88 Å². The van der Waals surface area contributed by atoms with Gasteiger partial charge >= 0.3 is 6.03 Å². The minimum absolute atomic E-state index is 0.0102. The van der Waals surface area contributed by atoms with E-state index in [0.717, 1.165) is 30.5 Å². The van der Waals surface area contributed by atoms with E-state index in [9.17, 15) is 18.4 Å². The highest BCUT2D eigenvalue weighted by Gasteiger charge is 2.39. The van der Waals surface area contributed by atoms with Gasteiger partial charge in [-0.15, -0.1) is 0 Å². The summed E-state index contributed by atoms with van der Waals surface area (Å²) in [4.78, 5) is 31.8. The highest BCUT2D eigenvalue weighted by molar-refractivity contribution is 6.16. The van der Waals surface area contributed by atoms with Gasteiger partial charge in [-0.1, -0.05) is 36.1 Å². The average molecular weight is 459 g/mol. The molecule has 1 saturated heterocycles. The molecule has 3 aromatic rings. The van der Waals surface area contributed by atoms with Crippen LogP contribution in [0.1, 0.15) is 36.0 Å². The van der Waals surface area contributed by atoms with Crippen LogP contribution in [-0.2, 0) is 11.2 Å². The van der Waals surface area contributed by atoms with Crippen LogP contribution >= 0.6 is 0 Å². The average Bonchev–Trinajstić information content (AvgIpc) is 2.84. The Hall–Kier alpha value is -4.05. The first kappa shape index (κ1) is 23.1. The zero-order valence-electron chi connectivity index (χ0n) is 18.7. The van der Waals surface area contributed by atoms with E-state index in [-0.39, 0.29) is 18.0 Å². The van der Waals surface area contributed by atoms with Gasteiger partial charge < -0.3 is 4.90 Å². The number of amides is 3. The van der Waals surface area contributed by atoms with Gasteiger partial charge in [-0.25, -0.2) is 18.5 Å². The lowest BCUT2D eigenvalue weighted by Crippen LogP contribution is -2.56. The van der Waals surface area contributed by atoms with Crippen LogP contribution in [0, 0.1) is 23.5 Å². The molecule has 1 aromatic heterocycles. The number of hydrogen-bond acceptors (Lipinski definition) is 3. The first-order valence-electron chi connectivity index (χ1n) is 11.0. The number of halogens is 2. The molecule has 1 atom stereocenters. The lowest BCUT2D eigenvalue weighted by atomic mass is 10.00. The molecule has 0 bridgehead atoms. The van der Waals surface area contributed by atoms with Crippen molar-refractivity contribution in [3.8, 4) is 11.8 Å². The number of nitrogens with zero attached hydrogens (tertiary/aromatic N) is 3. The highest BCUT2D eigenvalue weighted by atomic mass is 19.1. The van der Waals surface area contributed by atoms with Crippen LogP contribution < -0.4 is 4.90 Å². The van der Waals surface area contributed by atoms with Crippen molar-refractivity contribution in [3.05, 3.63) is 95.3 Å². The minimum Gasteiger partial charge on any atom is -0.324 e. The molecule has 0 N–H and O–H groups in total. The number of anilines is 1. The summed E-state index contributed by atoms with van der Waals surface area (Å²) in [5, 5.41) is 0. The predicted octanol–water partition coefficient (Wildman–Crippen LogP) is 4.94. The van der Waals surface area contributed by atoms with E-state index < -0.39 is 29.3 Å². The van der Waals surface area contributed by atoms with Crippen LogP contribution in [0.15, 0.2) is 67.0 Å². The number of pyridine rings is 1. The molecule has 0 spiro atoms. The third-order valence-corrected chi connectivity index (χ3v) is 5.79. The first-order valence-corrected chi connectivity index (χ1v) is 11.0. The molecule has 0 aliphatic carbocycles. The highest BCUT2D eigenvalue weighted by Crippen LogP contribution is 2.31. The first-order chi connectivity index (χ1) is 16.4. The molecule has 4 rings (SSSR count). The minimum atomic E-state index is -1.01. The third kappa shape index (κ3) is 5.12. The van der Waals surface area contributed by atoms with Crippen LogP contribution in [-0.4, -0.2) is 34.9 Å². The Morgan fingerprint density at radius 2 is 1.71 bits per heavy atom. The molecule has 3 amide bonds. The van der Waals surface area contributed by atoms with E-state index in [1.54, 1.807) is 31.6 Å². The van der Waals surface area contributed by atoms with Crippen molar-refractivity contribution in [2.75, 3.05) is 11.9 Å². The number of aryl methyl sites for hydroxylation is 1. The molecule has 0 saturated carbocycles. The Kier molecular flexibility index (Phi) is 6.98. The number of benzene rings is 2. The molecule has 2 heterocycles. The molecule has 2 aromatic carbocycles. The lowest BCUT2D eigenvalue weighted by Gasteiger charge is -2.38. The summed E-state index contributed by atoms with van der Waals surface area (Å²) in [6.07, 6.45) is 5.57. The molecular formula is C27H23F2N3O2. The summed E-state index contributed by atoms with van der Waals surface area (Å²) in [6.45, 7) is 0. The van der Waals surface area contributed by atoms with E-state index >= 15 is 0 Å². The molecule has 7 heteroatoms. The van der Waals surface area contributed by atoms with Crippen LogP contribution in [0.2, 0.25) is 0 Å². The Morgan fingerprint density at radius 3 is 2.38 bits per heavy atom. The lowest BCUT2D eigenvalue weighted by molar-refractivity contribution is -0.120. The normalized spacial score (nSPS) is 15.8. The van der Waals surface area contributed by atoms with Crippen LogP contribution in [0.25, 0.3) is 0 Å². The van der Waals surface area contributed by atoms with E-state index in [2.05, 4.69) is 16.8 Å². The van der Waals surface area contributed by atoms with E-state index in [4.69, 9.17) is 0 Å². The fraction of sp³-hybridized carbons (Fsp3) is 0.222. The van der Waals surface area contributed by atoms with Crippen molar-refractivity contribution >= 4 is 17.6 Å². The van der Waals surface area contributed by atoms with Gasteiger partial charge in [0.15, 0.2) is 11.6 Å². The second kappa shape index (κ2) is 10.3. The van der Waals surface area contributed by atoms with Gasteiger partial charge in [-0.05, 0) is 55.2 Å². The van der Waals surface area contributed by atoms with Crippen molar-refractivity contribution < 1.29 is 18.4 Å². The largest absolute Gasteiger partial charge is 0.331 e. The fourth-order valence-electron chi connectivity index (χ4n) is 3.97. The Bertz CT molecular complexity index is 1230. The predicted molar refractivity (Wildman–Crippen MR) is 125 cm³/mol. The summed E-state index contributed by atoms with van der Waals surface area (Å²) in [5.74, 6) is 2.90. The van der Waals surface area contributed by atoms with Gasteiger partial charge in [0.2, 0.25) is 5.91 Å². The quantitative estimate of drug-likeness (QED) is 0.508. The number of carbonyl (C=O) groups excluding carboxylic acids is 2. The SMILES string of the molecule is CN1C(=O)N(c2c(F)cc(C#Cc3ccccc3)cc2F)C(=O)CC1CCCc1cccnc1. The smallest absolute Gasteiger partial charge is 0.324 e. The van der Waals surface area contributed by atoms with Crippen LogP contribution in [0.3, 0.4) is 0 Å². The maximum atomic E-state index is 14.9. The number of urea groups is 1. The van der Waals surface area contributed by atoms with E-state index in [0.29, 0.717) is 16.9 Å². The van der Waals surface area contributed by atoms with E-state index in [1.165, 1.54) is 4.90 Å². The van der Waals surface area contributed by atoms with Gasteiger partial charge in [-0.3, -0.25) is 9.78 Å². The maximum absolute atomic E-state index is 14.9. The van der Waals surface area contributed by atoms with Crippen molar-refractivity contribution in [3.63, 3.8) is 0 Å².